The van der Waals surface area contributed by atoms with Gasteiger partial charge in [-0.2, -0.15) is 5.10 Å². The molecule has 0 unspecified atom stereocenters. The number of aromatic nitrogens is 2. The topological polar surface area (TPSA) is 64.0 Å². The van der Waals surface area contributed by atoms with Crippen LogP contribution >= 0.6 is 0 Å². The third-order valence-corrected chi connectivity index (χ3v) is 5.53. The number of hydrogen-bond donors (Lipinski definition) is 1. The Morgan fingerprint density at radius 3 is 2.38 bits per heavy atom. The fraction of sp³-hybridized carbons (Fsp3) is 0.292. The summed E-state index contributed by atoms with van der Waals surface area (Å²) in [5.41, 5.74) is 7.33. The largest absolute Gasteiger partial charge is 0.310 e. The van der Waals surface area contributed by atoms with Crippen molar-refractivity contribution in [2.24, 2.45) is 0 Å². The van der Waals surface area contributed by atoms with E-state index < -0.39 is 5.92 Å². The van der Waals surface area contributed by atoms with E-state index in [1.165, 1.54) is 0 Å². The highest BCUT2D eigenvalue weighted by molar-refractivity contribution is 6.08. The Kier molecular flexibility index (Phi) is 4.61. The number of nitrogens with one attached hydrogen (secondary N) is 1. The number of anilines is 1. The number of carbonyl (C=O) groups is 2. The lowest BCUT2D eigenvalue weighted by molar-refractivity contribution is -0.116. The summed E-state index contributed by atoms with van der Waals surface area (Å²) >= 11 is 0. The second-order valence-corrected chi connectivity index (χ2v) is 8.09. The van der Waals surface area contributed by atoms with Crippen LogP contribution in [-0.4, -0.2) is 21.5 Å². The maximum Gasteiger partial charge on any atom is 0.226 e. The molecule has 0 radical (unpaired) electrons. The van der Waals surface area contributed by atoms with Crippen LogP contribution in [0.3, 0.4) is 0 Å². The molecule has 4 rings (SSSR count). The fourth-order valence-electron chi connectivity index (χ4n) is 4.22. The Balaban J connectivity index is 1.86. The second kappa shape index (κ2) is 6.99. The van der Waals surface area contributed by atoms with Crippen molar-refractivity contribution in [3.8, 4) is 5.69 Å². The quantitative estimate of drug-likeness (QED) is 0.661. The van der Waals surface area contributed by atoms with Crippen LogP contribution in [0.1, 0.15) is 56.2 Å². The SMILES string of the molecule is Cc1cc(C)cc(-n2nc(C)c3c2NC(=O)C[C@H]3C(=O)c2cc(C)ccc2C)c1. The Morgan fingerprint density at radius 2 is 1.69 bits per heavy atom. The molecule has 0 saturated carbocycles. The smallest absolute Gasteiger partial charge is 0.226 e. The summed E-state index contributed by atoms with van der Waals surface area (Å²) in [5, 5.41) is 7.65. The standard InChI is InChI=1S/C24H25N3O2/c1-13-6-7-16(4)19(11-13)23(29)20-12-21(28)25-24-22(20)17(5)26-27(24)18-9-14(2)8-15(3)10-18/h6-11,20H,12H2,1-5H3,(H,25,28)/t20-/m1/s1. The molecule has 0 aliphatic carbocycles. The molecule has 1 aliphatic heterocycles. The van der Waals surface area contributed by atoms with Gasteiger partial charge in [0.15, 0.2) is 5.78 Å². The van der Waals surface area contributed by atoms with Crippen molar-refractivity contribution >= 4 is 17.5 Å². The highest BCUT2D eigenvalue weighted by atomic mass is 16.2. The van der Waals surface area contributed by atoms with Gasteiger partial charge in [0.05, 0.1) is 17.3 Å². The first-order valence-corrected chi connectivity index (χ1v) is 9.84. The van der Waals surface area contributed by atoms with Gasteiger partial charge in [-0.1, -0.05) is 23.8 Å². The zero-order chi connectivity index (χ0) is 20.9. The molecule has 0 bridgehead atoms. The lowest BCUT2D eigenvalue weighted by Crippen LogP contribution is -2.28. The van der Waals surface area contributed by atoms with Gasteiger partial charge in [-0.15, -0.1) is 0 Å². The van der Waals surface area contributed by atoms with Crippen molar-refractivity contribution in [3.63, 3.8) is 0 Å². The van der Waals surface area contributed by atoms with Crippen LogP contribution in [0.4, 0.5) is 5.82 Å². The summed E-state index contributed by atoms with van der Waals surface area (Å²) < 4.78 is 1.76. The van der Waals surface area contributed by atoms with Crippen LogP contribution in [-0.2, 0) is 4.79 Å². The molecule has 2 heterocycles. The minimum absolute atomic E-state index is 0.0228. The van der Waals surface area contributed by atoms with Gasteiger partial charge >= 0.3 is 0 Å². The maximum absolute atomic E-state index is 13.5. The van der Waals surface area contributed by atoms with E-state index >= 15 is 0 Å². The molecule has 0 spiro atoms. The third-order valence-electron chi connectivity index (χ3n) is 5.53. The van der Waals surface area contributed by atoms with Crippen LogP contribution in [0, 0.1) is 34.6 Å². The molecular formula is C24H25N3O2. The zero-order valence-corrected chi connectivity index (χ0v) is 17.5. The first-order chi connectivity index (χ1) is 13.7. The molecule has 1 N–H and O–H groups in total. The van der Waals surface area contributed by atoms with Gasteiger partial charge in [-0.3, -0.25) is 9.59 Å². The molecule has 1 amide bonds. The lowest BCUT2D eigenvalue weighted by atomic mass is 9.84. The predicted octanol–water partition coefficient (Wildman–Crippen LogP) is 4.72. The minimum atomic E-state index is -0.529. The van der Waals surface area contributed by atoms with Crippen LogP contribution in [0.15, 0.2) is 36.4 Å². The number of ketones is 1. The van der Waals surface area contributed by atoms with E-state index in [4.69, 9.17) is 5.10 Å². The molecule has 0 fully saturated rings. The van der Waals surface area contributed by atoms with E-state index in [0.717, 1.165) is 39.2 Å². The van der Waals surface area contributed by atoms with E-state index in [2.05, 4.69) is 11.4 Å². The van der Waals surface area contributed by atoms with E-state index in [9.17, 15) is 9.59 Å². The number of aryl methyl sites for hydroxylation is 5. The average molecular weight is 387 g/mol. The van der Waals surface area contributed by atoms with Crippen molar-refractivity contribution in [3.05, 3.63) is 75.5 Å². The summed E-state index contributed by atoms with van der Waals surface area (Å²) in [5.74, 6) is -0.108. The summed E-state index contributed by atoms with van der Waals surface area (Å²) in [6.45, 7) is 9.87. The molecule has 1 aromatic heterocycles. The zero-order valence-electron chi connectivity index (χ0n) is 17.5. The van der Waals surface area contributed by atoms with E-state index in [0.29, 0.717) is 11.4 Å². The number of fused-ring (bicyclic) bond motifs is 1. The van der Waals surface area contributed by atoms with Crippen molar-refractivity contribution in [1.29, 1.82) is 0 Å². The van der Waals surface area contributed by atoms with Gasteiger partial charge in [-0.05, 0) is 69.5 Å². The number of benzene rings is 2. The number of Topliss-reactive ketones (excluding diaryl/α,β-unsaturated/α-hetero) is 1. The van der Waals surface area contributed by atoms with E-state index in [1.807, 2.05) is 65.0 Å². The second-order valence-electron chi connectivity index (χ2n) is 8.09. The highest BCUT2D eigenvalue weighted by Crippen LogP contribution is 2.38. The molecule has 0 saturated heterocycles. The lowest BCUT2D eigenvalue weighted by Gasteiger charge is -2.24. The van der Waals surface area contributed by atoms with Crippen molar-refractivity contribution in [2.75, 3.05) is 5.32 Å². The third kappa shape index (κ3) is 3.37. The molecule has 148 valence electrons. The van der Waals surface area contributed by atoms with Gasteiger partial charge < -0.3 is 5.32 Å². The molecule has 5 nitrogen and oxygen atoms in total. The molecule has 3 aromatic rings. The van der Waals surface area contributed by atoms with Crippen molar-refractivity contribution in [1.82, 2.24) is 9.78 Å². The van der Waals surface area contributed by atoms with Crippen molar-refractivity contribution < 1.29 is 9.59 Å². The number of hydrogen-bond acceptors (Lipinski definition) is 3. The average Bonchev–Trinajstić information content (AvgIpc) is 2.98. The summed E-state index contributed by atoms with van der Waals surface area (Å²) in [7, 11) is 0. The first-order valence-electron chi connectivity index (χ1n) is 9.84. The minimum Gasteiger partial charge on any atom is -0.310 e. The van der Waals surface area contributed by atoms with E-state index in [1.54, 1.807) is 4.68 Å². The molecule has 29 heavy (non-hydrogen) atoms. The van der Waals surface area contributed by atoms with Gasteiger partial charge in [0.1, 0.15) is 5.82 Å². The molecule has 5 heteroatoms. The molecule has 1 atom stereocenters. The van der Waals surface area contributed by atoms with Crippen LogP contribution in [0.5, 0.6) is 0 Å². The normalized spacial score (nSPS) is 15.8. The maximum atomic E-state index is 13.5. The van der Waals surface area contributed by atoms with Crippen LogP contribution in [0.2, 0.25) is 0 Å². The monoisotopic (exact) mass is 387 g/mol. The van der Waals surface area contributed by atoms with Crippen molar-refractivity contribution in [2.45, 2.75) is 47.0 Å². The van der Waals surface area contributed by atoms with Crippen LogP contribution < -0.4 is 5.32 Å². The van der Waals surface area contributed by atoms with Crippen LogP contribution in [0.25, 0.3) is 5.69 Å². The van der Waals surface area contributed by atoms with E-state index in [-0.39, 0.29) is 18.1 Å². The van der Waals surface area contributed by atoms with Gasteiger partial charge in [0, 0.05) is 17.5 Å². The summed E-state index contributed by atoms with van der Waals surface area (Å²) in [6, 6.07) is 12.0. The van der Waals surface area contributed by atoms with Gasteiger partial charge in [0.2, 0.25) is 5.91 Å². The number of rotatable bonds is 3. The van der Waals surface area contributed by atoms with Gasteiger partial charge in [-0.25, -0.2) is 4.68 Å². The Hall–Kier alpha value is -3.21. The van der Waals surface area contributed by atoms with Gasteiger partial charge in [0.25, 0.3) is 0 Å². The first kappa shape index (κ1) is 19.1. The summed E-state index contributed by atoms with van der Waals surface area (Å²) in [4.78, 5) is 26.0. The number of carbonyl (C=O) groups excluding carboxylic acids is 2. The number of nitrogens with zero attached hydrogens (tertiary/aromatic N) is 2. The Morgan fingerprint density at radius 1 is 1.00 bits per heavy atom. The fourth-order valence-corrected chi connectivity index (χ4v) is 4.22. The molecule has 2 aromatic carbocycles. The summed E-state index contributed by atoms with van der Waals surface area (Å²) in [6.07, 6.45) is 0.137. The predicted molar refractivity (Wildman–Crippen MR) is 114 cm³/mol. The Bertz CT molecular complexity index is 1140. The molecular weight excluding hydrogens is 362 g/mol. The Labute approximate surface area is 170 Å². The number of amides is 1. The highest BCUT2D eigenvalue weighted by Gasteiger charge is 2.36. The molecule has 1 aliphatic rings.